The molecule has 1 aromatic rings. The van der Waals surface area contributed by atoms with E-state index in [1.165, 1.54) is 0 Å². The lowest BCUT2D eigenvalue weighted by atomic mass is 10.4. The molecule has 22 heavy (non-hydrogen) atoms. The summed E-state index contributed by atoms with van der Waals surface area (Å²) in [6, 6.07) is 3.11. The molecule has 0 radical (unpaired) electrons. The third-order valence-corrected chi connectivity index (χ3v) is 4.99. The van der Waals surface area contributed by atoms with Gasteiger partial charge >= 0.3 is 25.6 Å². The van der Waals surface area contributed by atoms with Gasteiger partial charge in [0.15, 0.2) is 0 Å². The van der Waals surface area contributed by atoms with Crippen molar-refractivity contribution in [3.63, 3.8) is 0 Å². The van der Waals surface area contributed by atoms with Gasteiger partial charge < -0.3 is 5.21 Å². The maximum absolute atomic E-state index is 12.6. The summed E-state index contributed by atoms with van der Waals surface area (Å²) in [5.74, 6) is -0.758. The van der Waals surface area contributed by atoms with Crippen molar-refractivity contribution >= 4 is 20.1 Å². The molecular weight excluding hydrogens is 358 g/mol. The molecule has 13 heteroatoms. The molecule has 0 aliphatic carbocycles. The topological polar surface area (TPSA) is 105 Å². The van der Waals surface area contributed by atoms with Crippen LogP contribution in [0.1, 0.15) is 0 Å². The summed E-state index contributed by atoms with van der Waals surface area (Å²) < 4.78 is 94.9. The zero-order valence-corrected chi connectivity index (χ0v) is 12.1. The highest BCUT2D eigenvalue weighted by Crippen LogP contribution is 2.24. The van der Waals surface area contributed by atoms with Crippen LogP contribution in [0.5, 0.6) is 0 Å². The van der Waals surface area contributed by atoms with Crippen LogP contribution in [0.25, 0.3) is 0 Å². The lowest BCUT2D eigenvalue weighted by molar-refractivity contribution is -0.708. The van der Waals surface area contributed by atoms with Gasteiger partial charge in [-0.15, -0.1) is 0 Å². The minimum absolute atomic E-state index is 0.572. The summed E-state index contributed by atoms with van der Waals surface area (Å²) in [7, 11) is -10.5. The van der Waals surface area contributed by atoms with Crippen LogP contribution in [0.4, 0.5) is 17.6 Å². The Morgan fingerprint density at radius 3 is 2.05 bits per heavy atom. The second kappa shape index (κ2) is 6.45. The van der Waals surface area contributed by atoms with Crippen LogP contribution in [0.15, 0.2) is 29.2 Å². The zero-order chi connectivity index (χ0) is 17.2. The van der Waals surface area contributed by atoms with Gasteiger partial charge in [0.25, 0.3) is 0 Å². The summed E-state index contributed by atoms with van der Waals surface area (Å²) in [5.41, 5.74) is -5.67. The van der Waals surface area contributed by atoms with Gasteiger partial charge in [0.05, 0.1) is 0 Å². The van der Waals surface area contributed by atoms with Crippen molar-refractivity contribution in [2.45, 2.75) is 10.4 Å². The maximum atomic E-state index is 12.6. The highest BCUT2D eigenvalue weighted by Gasteiger charge is 2.47. The predicted molar refractivity (Wildman–Crippen MR) is 63.7 cm³/mol. The average molecular weight is 367 g/mol. The number of hydrogen-bond donors (Lipinski definition) is 1. The van der Waals surface area contributed by atoms with Crippen molar-refractivity contribution in [2.75, 3.05) is 13.2 Å². The molecule has 1 N–H and O–H groups in total. The Morgan fingerprint density at radius 2 is 1.59 bits per heavy atom. The summed E-state index contributed by atoms with van der Waals surface area (Å²) in [5, 5.41) is 11.4. The van der Waals surface area contributed by atoms with Gasteiger partial charge in [0.2, 0.25) is 0 Å². The monoisotopic (exact) mass is 367 g/mol. The molecule has 0 heterocycles. The van der Waals surface area contributed by atoms with Crippen molar-refractivity contribution < 1.29 is 43.0 Å². The molecule has 0 spiro atoms. The van der Waals surface area contributed by atoms with Gasteiger partial charge in [-0.2, -0.15) is 30.0 Å². The Labute approximate surface area is 122 Å². The van der Waals surface area contributed by atoms with Crippen molar-refractivity contribution in [1.29, 1.82) is 0 Å². The Hall–Kier alpha value is -1.28. The van der Waals surface area contributed by atoms with Gasteiger partial charge in [-0.05, 0) is 24.3 Å². The van der Waals surface area contributed by atoms with Crippen molar-refractivity contribution in [3.8, 4) is 0 Å². The van der Waals surface area contributed by atoms with Crippen LogP contribution in [-0.4, -0.2) is 35.5 Å². The molecule has 1 unspecified atom stereocenters. The first kappa shape index (κ1) is 18.8. The minimum Gasteiger partial charge on any atom is -0.618 e. The van der Waals surface area contributed by atoms with Gasteiger partial charge in [-0.25, -0.2) is 4.39 Å². The van der Waals surface area contributed by atoms with Crippen LogP contribution < -0.4 is 4.47 Å². The SMILES string of the molecule is O=S(=O)(c1ccc(F)cc1)[NH+]([O-])CCOS(=O)(=O)C(F)(F)F. The molecular formula is C9H9F4NO6S2. The number of quaternary nitrogens is 1. The van der Waals surface area contributed by atoms with E-state index in [0.717, 1.165) is 24.3 Å². The number of hydroxylamine groups is 1. The van der Waals surface area contributed by atoms with Crippen LogP contribution in [0, 0.1) is 11.0 Å². The van der Waals surface area contributed by atoms with E-state index in [9.17, 15) is 39.6 Å². The third kappa shape index (κ3) is 4.36. The van der Waals surface area contributed by atoms with E-state index < -0.39 is 54.0 Å². The number of rotatable bonds is 6. The molecule has 0 saturated carbocycles. The van der Waals surface area contributed by atoms with E-state index >= 15 is 0 Å². The Kier molecular flexibility index (Phi) is 5.51. The molecule has 1 atom stereocenters. The van der Waals surface area contributed by atoms with Gasteiger partial charge in [0.1, 0.15) is 23.9 Å². The fourth-order valence-corrected chi connectivity index (χ4v) is 2.73. The van der Waals surface area contributed by atoms with Gasteiger partial charge in [-0.3, -0.25) is 8.65 Å². The van der Waals surface area contributed by atoms with E-state index in [1.807, 2.05) is 0 Å². The lowest BCUT2D eigenvalue weighted by Crippen LogP contribution is -3.09. The number of hydrogen-bond acceptors (Lipinski definition) is 6. The fraction of sp³-hybridized carbons (Fsp3) is 0.333. The average Bonchev–Trinajstić information content (AvgIpc) is 2.37. The number of benzene rings is 1. The molecule has 0 aromatic heterocycles. The van der Waals surface area contributed by atoms with E-state index in [4.69, 9.17) is 0 Å². The summed E-state index contributed by atoms with van der Waals surface area (Å²) in [4.78, 5) is -0.572. The third-order valence-electron chi connectivity index (χ3n) is 2.25. The lowest BCUT2D eigenvalue weighted by Gasteiger charge is -2.21. The molecule has 7 nitrogen and oxygen atoms in total. The Morgan fingerprint density at radius 1 is 1.09 bits per heavy atom. The van der Waals surface area contributed by atoms with Gasteiger partial charge in [0, 0.05) is 0 Å². The number of halogens is 4. The smallest absolute Gasteiger partial charge is 0.523 e. The van der Waals surface area contributed by atoms with Crippen LogP contribution in [0.2, 0.25) is 0 Å². The van der Waals surface area contributed by atoms with Gasteiger partial charge in [-0.1, -0.05) is 0 Å². The first-order valence-corrected chi connectivity index (χ1v) is 8.26. The standard InChI is InChI=1S/C9H9F4NO6S2/c10-7-1-3-8(4-2-7)21(16,17)14(15)5-6-20-22(18,19)9(11,12)13/h1-4,14H,5-6H2. The van der Waals surface area contributed by atoms with E-state index in [0.29, 0.717) is 0 Å². The second-order valence-corrected chi connectivity index (χ2v) is 7.34. The molecule has 0 amide bonds. The van der Waals surface area contributed by atoms with Crippen molar-refractivity contribution in [1.82, 2.24) is 0 Å². The molecule has 0 aliphatic heterocycles. The zero-order valence-electron chi connectivity index (χ0n) is 10.5. The fourth-order valence-electron chi connectivity index (χ4n) is 1.18. The molecule has 0 saturated heterocycles. The highest BCUT2D eigenvalue weighted by atomic mass is 32.2. The predicted octanol–water partition coefficient (Wildman–Crippen LogP) is -0.237. The Bertz CT molecular complexity index is 713. The van der Waals surface area contributed by atoms with E-state index in [-0.39, 0.29) is 0 Å². The van der Waals surface area contributed by atoms with Crippen LogP contribution in [0.3, 0.4) is 0 Å². The normalized spacial score (nSPS) is 14.8. The van der Waals surface area contributed by atoms with Crippen LogP contribution in [-0.2, 0) is 24.3 Å². The van der Waals surface area contributed by atoms with E-state index in [1.54, 1.807) is 0 Å². The molecule has 1 rings (SSSR count). The molecule has 126 valence electrons. The molecule has 0 aliphatic rings. The maximum Gasteiger partial charge on any atom is 0.523 e. The number of nitrogens with one attached hydrogen (secondary N) is 1. The molecule has 0 fully saturated rings. The number of sulfonamides is 1. The second-order valence-electron chi connectivity index (χ2n) is 3.80. The van der Waals surface area contributed by atoms with Crippen molar-refractivity contribution in [2.24, 2.45) is 0 Å². The van der Waals surface area contributed by atoms with E-state index in [2.05, 4.69) is 4.18 Å². The summed E-state index contributed by atoms with van der Waals surface area (Å²) in [6.45, 7) is -2.41. The molecule has 1 aromatic carbocycles. The molecule has 0 bridgehead atoms. The highest BCUT2D eigenvalue weighted by molar-refractivity contribution is 7.87. The minimum atomic E-state index is -5.91. The van der Waals surface area contributed by atoms with Crippen molar-refractivity contribution in [3.05, 3.63) is 35.3 Å². The first-order chi connectivity index (χ1) is 9.88. The quantitative estimate of drug-likeness (QED) is 0.322. The largest absolute Gasteiger partial charge is 0.618 e. The summed E-state index contributed by atoms with van der Waals surface area (Å²) >= 11 is 0. The van der Waals surface area contributed by atoms with Crippen LogP contribution >= 0.6 is 0 Å². The number of alkyl halides is 3. The summed E-state index contributed by atoms with van der Waals surface area (Å²) in [6.07, 6.45) is 0. The Balaban J connectivity index is 2.73. The first-order valence-electron chi connectivity index (χ1n) is 5.37.